The van der Waals surface area contributed by atoms with Gasteiger partial charge in [0.05, 0.1) is 11.0 Å². The van der Waals surface area contributed by atoms with Gasteiger partial charge in [-0.25, -0.2) is 0 Å². The summed E-state index contributed by atoms with van der Waals surface area (Å²) in [6, 6.07) is 33.1. The summed E-state index contributed by atoms with van der Waals surface area (Å²) in [6.07, 6.45) is 0. The van der Waals surface area contributed by atoms with Gasteiger partial charge in [0.25, 0.3) is 0 Å². The summed E-state index contributed by atoms with van der Waals surface area (Å²) in [4.78, 5) is 0. The Bertz CT molecular complexity index is 1480. The summed E-state index contributed by atoms with van der Waals surface area (Å²) in [7, 11) is 0. The number of para-hydroxylation sites is 1. The molecule has 6 aromatic rings. The molecule has 0 aliphatic carbocycles. The first-order valence-corrected chi connectivity index (χ1v) is 10.7. The fourth-order valence-electron chi connectivity index (χ4n) is 4.34. The topological polar surface area (TPSA) is 4.93 Å². The molecule has 0 atom stereocenters. The minimum Gasteiger partial charge on any atom is -0.309 e. The Balaban J connectivity index is 1.59. The number of hydrogen-bond acceptors (Lipinski definition) is 1. The molecule has 0 aliphatic rings. The zero-order valence-corrected chi connectivity index (χ0v) is 16.9. The van der Waals surface area contributed by atoms with Crippen molar-refractivity contribution in [1.29, 1.82) is 0 Å². The molecular formula is C27H19NS. The zero-order valence-electron chi connectivity index (χ0n) is 16.1. The van der Waals surface area contributed by atoms with Crippen LogP contribution < -0.4 is 0 Å². The van der Waals surface area contributed by atoms with Gasteiger partial charge in [-0.2, -0.15) is 0 Å². The molecule has 0 N–H and O–H groups in total. The quantitative estimate of drug-likeness (QED) is 0.283. The lowest BCUT2D eigenvalue weighted by atomic mass is 10.0. The van der Waals surface area contributed by atoms with E-state index in [1.54, 1.807) is 0 Å². The molecule has 4 aromatic carbocycles. The van der Waals surface area contributed by atoms with Gasteiger partial charge in [0.1, 0.15) is 0 Å². The summed E-state index contributed by atoms with van der Waals surface area (Å²) in [5.41, 5.74) is 7.50. The van der Waals surface area contributed by atoms with Crippen LogP contribution in [0.4, 0.5) is 0 Å². The Kier molecular flexibility index (Phi) is 3.62. The highest BCUT2D eigenvalue weighted by atomic mass is 32.1. The lowest BCUT2D eigenvalue weighted by Crippen LogP contribution is -1.93. The van der Waals surface area contributed by atoms with Crippen LogP contribution in [-0.2, 0) is 0 Å². The van der Waals surface area contributed by atoms with Crippen LogP contribution in [-0.4, -0.2) is 4.57 Å². The van der Waals surface area contributed by atoms with Crippen LogP contribution in [0.15, 0.2) is 96.4 Å². The predicted molar refractivity (Wildman–Crippen MR) is 126 cm³/mol. The summed E-state index contributed by atoms with van der Waals surface area (Å²) in [6.45, 7) is 2.12. The van der Waals surface area contributed by atoms with E-state index in [4.69, 9.17) is 0 Å². The number of benzene rings is 4. The number of nitrogens with zero attached hydrogens (tertiary/aromatic N) is 1. The number of aromatic nitrogens is 1. The number of hydrogen-bond donors (Lipinski definition) is 0. The van der Waals surface area contributed by atoms with E-state index in [1.165, 1.54) is 54.3 Å². The van der Waals surface area contributed by atoms with E-state index in [1.807, 2.05) is 11.3 Å². The van der Waals surface area contributed by atoms with Crippen LogP contribution >= 0.6 is 11.3 Å². The molecule has 0 unspecified atom stereocenters. The third-order valence-corrected chi connectivity index (χ3v) is 6.66. The van der Waals surface area contributed by atoms with E-state index in [0.717, 1.165) is 0 Å². The molecule has 2 heterocycles. The molecular weight excluding hydrogens is 370 g/mol. The highest BCUT2D eigenvalue weighted by Gasteiger charge is 2.14. The molecule has 0 spiro atoms. The van der Waals surface area contributed by atoms with Crippen LogP contribution in [0.2, 0.25) is 0 Å². The number of fused-ring (bicyclic) bond motifs is 5. The second-order valence-electron chi connectivity index (χ2n) is 7.56. The summed E-state index contributed by atoms with van der Waals surface area (Å²) in [5.74, 6) is 0. The minimum absolute atomic E-state index is 1.20. The lowest BCUT2D eigenvalue weighted by molar-refractivity contribution is 1.18. The molecule has 0 saturated carbocycles. The Morgan fingerprint density at radius 1 is 0.621 bits per heavy atom. The molecule has 6 rings (SSSR count). The maximum absolute atomic E-state index is 2.39. The van der Waals surface area contributed by atoms with Crippen molar-refractivity contribution < 1.29 is 0 Å². The minimum atomic E-state index is 1.20. The van der Waals surface area contributed by atoms with Gasteiger partial charge in [0, 0.05) is 26.5 Å². The van der Waals surface area contributed by atoms with Crippen molar-refractivity contribution in [1.82, 2.24) is 4.57 Å². The van der Waals surface area contributed by atoms with Crippen LogP contribution in [0.1, 0.15) is 5.56 Å². The average Bonchev–Trinajstić information content (AvgIpc) is 3.36. The summed E-state index contributed by atoms with van der Waals surface area (Å²) < 4.78 is 3.73. The average molecular weight is 390 g/mol. The Morgan fingerprint density at radius 2 is 1.34 bits per heavy atom. The second kappa shape index (κ2) is 6.33. The van der Waals surface area contributed by atoms with Crippen molar-refractivity contribution in [2.24, 2.45) is 0 Å². The van der Waals surface area contributed by atoms with Crippen molar-refractivity contribution in [3.05, 3.63) is 102 Å². The molecule has 2 aromatic heterocycles. The summed E-state index contributed by atoms with van der Waals surface area (Å²) in [5, 5.41) is 6.20. The molecule has 2 heteroatoms. The van der Waals surface area contributed by atoms with Crippen molar-refractivity contribution in [3.63, 3.8) is 0 Å². The van der Waals surface area contributed by atoms with Gasteiger partial charge < -0.3 is 4.57 Å². The third-order valence-electron chi connectivity index (χ3n) is 5.78. The van der Waals surface area contributed by atoms with Crippen LogP contribution in [0, 0.1) is 6.92 Å². The van der Waals surface area contributed by atoms with E-state index >= 15 is 0 Å². The van der Waals surface area contributed by atoms with Crippen LogP contribution in [0.5, 0.6) is 0 Å². The Labute approximate surface area is 173 Å². The highest BCUT2D eigenvalue weighted by Crippen LogP contribution is 2.38. The maximum atomic E-state index is 2.39. The SMILES string of the molecule is Cc1ccc(-c2ccc(-n3c4ccccc4c4c5ccsc5ccc43)cc2)cc1. The predicted octanol–water partition coefficient (Wildman–Crippen LogP) is 7.97. The van der Waals surface area contributed by atoms with Crippen molar-refractivity contribution in [2.45, 2.75) is 6.92 Å². The number of rotatable bonds is 2. The lowest BCUT2D eigenvalue weighted by Gasteiger charge is -2.09. The second-order valence-corrected chi connectivity index (χ2v) is 8.51. The molecule has 0 bridgehead atoms. The zero-order chi connectivity index (χ0) is 19.4. The van der Waals surface area contributed by atoms with E-state index < -0.39 is 0 Å². The van der Waals surface area contributed by atoms with E-state index in [0.29, 0.717) is 0 Å². The van der Waals surface area contributed by atoms with E-state index in [-0.39, 0.29) is 0 Å². The van der Waals surface area contributed by atoms with Gasteiger partial charge in [0.15, 0.2) is 0 Å². The van der Waals surface area contributed by atoms with Gasteiger partial charge in [-0.05, 0) is 59.8 Å². The van der Waals surface area contributed by atoms with Gasteiger partial charge in [-0.1, -0.05) is 60.2 Å². The van der Waals surface area contributed by atoms with Crippen LogP contribution in [0.25, 0.3) is 48.7 Å². The standard InChI is InChI=1S/C27H19NS/c1-18-6-8-19(9-7-18)20-10-12-21(13-11-20)28-24-5-3-2-4-22(24)27-23-16-17-29-26(23)15-14-25(27)28/h2-17H,1H3. The monoisotopic (exact) mass is 389 g/mol. The van der Waals surface area contributed by atoms with Crippen molar-refractivity contribution in [3.8, 4) is 16.8 Å². The Morgan fingerprint density at radius 3 is 2.14 bits per heavy atom. The van der Waals surface area contributed by atoms with Gasteiger partial charge in [-0.15, -0.1) is 11.3 Å². The fourth-order valence-corrected chi connectivity index (χ4v) is 5.13. The largest absolute Gasteiger partial charge is 0.309 e. The van der Waals surface area contributed by atoms with Gasteiger partial charge in [0.2, 0.25) is 0 Å². The number of thiophene rings is 1. The smallest absolute Gasteiger partial charge is 0.0548 e. The van der Waals surface area contributed by atoms with Crippen molar-refractivity contribution >= 4 is 43.2 Å². The third kappa shape index (κ3) is 2.53. The molecule has 0 amide bonds. The van der Waals surface area contributed by atoms with E-state index in [9.17, 15) is 0 Å². The molecule has 0 radical (unpaired) electrons. The summed E-state index contributed by atoms with van der Waals surface area (Å²) >= 11 is 1.81. The van der Waals surface area contributed by atoms with Crippen molar-refractivity contribution in [2.75, 3.05) is 0 Å². The molecule has 0 aliphatic heterocycles. The first-order chi connectivity index (χ1) is 14.3. The van der Waals surface area contributed by atoms with Gasteiger partial charge in [-0.3, -0.25) is 0 Å². The molecule has 0 saturated heterocycles. The molecule has 1 nitrogen and oxygen atoms in total. The first kappa shape index (κ1) is 16.6. The molecule has 0 fully saturated rings. The first-order valence-electron chi connectivity index (χ1n) is 9.86. The fraction of sp³-hybridized carbons (Fsp3) is 0.0370. The molecule has 29 heavy (non-hydrogen) atoms. The van der Waals surface area contributed by atoms with Gasteiger partial charge >= 0.3 is 0 Å². The maximum Gasteiger partial charge on any atom is 0.0548 e. The number of aryl methyl sites for hydroxylation is 1. The molecule has 138 valence electrons. The normalized spacial score (nSPS) is 11.6. The van der Waals surface area contributed by atoms with E-state index in [2.05, 4.69) is 108 Å². The van der Waals surface area contributed by atoms with Crippen LogP contribution in [0.3, 0.4) is 0 Å². The Hall–Kier alpha value is -3.36. The highest BCUT2D eigenvalue weighted by molar-refractivity contribution is 7.17.